The Hall–Kier alpha value is -10.1. The van der Waals surface area contributed by atoms with Gasteiger partial charge in [0.15, 0.2) is 0 Å². The zero-order chi connectivity index (χ0) is 63.4. The topological polar surface area (TPSA) is 13.0 Å². The SMILES string of the molecule is CC(C)(C)c1ccc(-c2cccc(-c3ccc(C(C)(C)C)cc3)c2N2c3cc4c(cc3B3c5ccccc5Sc5cc(N(c6ccccc6)c6ccccc6)cc2c53)B2c3ccccc3N(c3ccccc3)c3cc(N(c5ccccc5)c5ccccc5)cc(c32)S4)cc1. The molecule has 0 N–H and O–H groups in total. The molecule has 0 saturated carbocycles. The molecule has 8 heteroatoms. The van der Waals surface area contributed by atoms with Gasteiger partial charge in [0.1, 0.15) is 0 Å². The fourth-order valence-electron chi connectivity index (χ4n) is 15.0. The summed E-state index contributed by atoms with van der Waals surface area (Å²) in [6, 6.07) is 114. The number of hydrogen-bond acceptors (Lipinski definition) is 6. The molecule has 0 atom stereocenters. The highest BCUT2D eigenvalue weighted by Gasteiger charge is 2.47. The number of para-hydroxylation sites is 7. The zero-order valence-corrected chi connectivity index (χ0v) is 55.3. The highest BCUT2D eigenvalue weighted by Crippen LogP contribution is 2.54. The molecular formula is C86H68B2N4S2. The molecule has 0 spiro atoms. The van der Waals surface area contributed by atoms with E-state index < -0.39 is 0 Å². The molecule has 4 aliphatic rings. The summed E-state index contributed by atoms with van der Waals surface area (Å²) >= 11 is 3.84. The average Bonchev–Trinajstić information content (AvgIpc) is 0.694. The van der Waals surface area contributed by atoms with E-state index in [1.165, 1.54) is 108 Å². The Morgan fingerprint density at radius 3 is 1.19 bits per heavy atom. The van der Waals surface area contributed by atoms with Crippen LogP contribution in [0.2, 0.25) is 0 Å². The molecule has 4 aliphatic heterocycles. The third-order valence-electron chi connectivity index (χ3n) is 19.4. The van der Waals surface area contributed by atoms with Crippen molar-refractivity contribution in [1.29, 1.82) is 0 Å². The molecule has 4 nitrogen and oxygen atoms in total. The van der Waals surface area contributed by atoms with Crippen molar-refractivity contribution < 1.29 is 0 Å². The summed E-state index contributed by atoms with van der Waals surface area (Å²) in [5.74, 6) is 0. The van der Waals surface area contributed by atoms with Crippen LogP contribution >= 0.6 is 23.5 Å². The first-order chi connectivity index (χ1) is 45.9. The quantitative estimate of drug-likeness (QED) is 0.126. The lowest BCUT2D eigenvalue weighted by molar-refractivity contribution is 0.590. The summed E-state index contributed by atoms with van der Waals surface area (Å²) in [6.07, 6.45) is 0. The highest BCUT2D eigenvalue weighted by molar-refractivity contribution is 8.00. The minimum Gasteiger partial charge on any atom is -0.311 e. The third-order valence-corrected chi connectivity index (χ3v) is 21.7. The van der Waals surface area contributed by atoms with Gasteiger partial charge < -0.3 is 19.6 Å². The van der Waals surface area contributed by atoms with Gasteiger partial charge in [0.2, 0.25) is 13.4 Å². The Morgan fingerprint density at radius 1 is 0.287 bits per heavy atom. The van der Waals surface area contributed by atoms with Gasteiger partial charge in [-0.1, -0.05) is 276 Å². The smallest absolute Gasteiger partial charge is 0.249 e. The number of nitrogens with zero attached hydrogens (tertiary/aromatic N) is 4. The highest BCUT2D eigenvalue weighted by atomic mass is 32.2. The van der Waals surface area contributed by atoms with E-state index in [2.05, 4.69) is 364 Å². The second-order valence-corrected chi connectivity index (χ2v) is 29.4. The van der Waals surface area contributed by atoms with Crippen LogP contribution in [-0.4, -0.2) is 13.4 Å². The van der Waals surface area contributed by atoms with Gasteiger partial charge >= 0.3 is 0 Å². The monoisotopic (exact) mass is 1240 g/mol. The Kier molecular flexibility index (Phi) is 14.1. The van der Waals surface area contributed by atoms with Crippen LogP contribution < -0.4 is 52.4 Å². The second-order valence-electron chi connectivity index (χ2n) is 27.2. The van der Waals surface area contributed by atoms with Gasteiger partial charge in [-0.05, 0) is 158 Å². The maximum Gasteiger partial charge on any atom is 0.249 e. The first kappa shape index (κ1) is 57.8. The molecule has 13 aromatic rings. The number of anilines is 12. The molecule has 0 saturated heterocycles. The van der Waals surface area contributed by atoms with Gasteiger partial charge in [-0.25, -0.2) is 0 Å². The van der Waals surface area contributed by atoms with E-state index in [1.54, 1.807) is 0 Å². The minimum atomic E-state index is -0.0964. The average molecular weight is 1240 g/mol. The molecule has 0 amide bonds. The number of fused-ring (bicyclic) bond motifs is 8. The van der Waals surface area contributed by atoms with Gasteiger partial charge in [-0.3, -0.25) is 0 Å². The van der Waals surface area contributed by atoms with Crippen LogP contribution in [-0.2, 0) is 10.8 Å². The van der Waals surface area contributed by atoms with Gasteiger partial charge in [0, 0.05) is 93.3 Å². The van der Waals surface area contributed by atoms with Crippen LogP contribution in [0.5, 0.6) is 0 Å². The van der Waals surface area contributed by atoms with Crippen molar-refractivity contribution in [1.82, 2.24) is 0 Å². The number of hydrogen-bond donors (Lipinski definition) is 0. The van der Waals surface area contributed by atoms with Crippen molar-refractivity contribution in [3.05, 3.63) is 314 Å². The van der Waals surface area contributed by atoms with Gasteiger partial charge in [0.25, 0.3) is 0 Å². The Bertz CT molecular complexity index is 4900. The van der Waals surface area contributed by atoms with E-state index in [0.717, 1.165) is 45.5 Å². The van der Waals surface area contributed by atoms with E-state index >= 15 is 0 Å². The summed E-state index contributed by atoms with van der Waals surface area (Å²) < 4.78 is 0. The predicted molar refractivity (Wildman–Crippen MR) is 404 cm³/mol. The van der Waals surface area contributed by atoms with E-state index in [0.29, 0.717) is 0 Å². The Morgan fingerprint density at radius 2 is 0.702 bits per heavy atom. The predicted octanol–water partition coefficient (Wildman–Crippen LogP) is 20.1. The third kappa shape index (κ3) is 9.79. The molecule has 450 valence electrons. The molecular weight excluding hydrogens is 1170 g/mol. The van der Waals surface area contributed by atoms with Crippen LogP contribution in [0.25, 0.3) is 22.3 Å². The largest absolute Gasteiger partial charge is 0.311 e. The van der Waals surface area contributed by atoms with Gasteiger partial charge in [0.05, 0.1) is 5.69 Å². The van der Waals surface area contributed by atoms with Crippen LogP contribution in [0.3, 0.4) is 0 Å². The fourth-order valence-corrected chi connectivity index (χ4v) is 17.4. The maximum absolute atomic E-state index is 2.72. The van der Waals surface area contributed by atoms with Crippen LogP contribution in [0.4, 0.5) is 68.2 Å². The van der Waals surface area contributed by atoms with Crippen molar-refractivity contribution in [2.75, 3.05) is 19.6 Å². The fraction of sp³-hybridized carbons (Fsp3) is 0.0930. The van der Waals surface area contributed by atoms with Crippen molar-refractivity contribution in [3.63, 3.8) is 0 Å². The van der Waals surface area contributed by atoms with Crippen LogP contribution in [0.1, 0.15) is 52.7 Å². The molecule has 4 heterocycles. The van der Waals surface area contributed by atoms with E-state index in [-0.39, 0.29) is 24.3 Å². The van der Waals surface area contributed by atoms with E-state index in [9.17, 15) is 0 Å². The molecule has 0 fully saturated rings. The summed E-state index contributed by atoms with van der Waals surface area (Å²) in [7, 11) is 0. The number of rotatable bonds is 10. The molecule has 17 rings (SSSR count). The summed E-state index contributed by atoms with van der Waals surface area (Å²) in [6.45, 7) is 13.7. The Labute approximate surface area is 562 Å². The lowest BCUT2D eigenvalue weighted by Crippen LogP contribution is -2.64. The molecule has 0 aliphatic carbocycles. The summed E-state index contributed by atoms with van der Waals surface area (Å²) in [5, 5.41) is 0. The standard InChI is InChI=1S/C86H68B2N4S2/c1-85(2,3)59-47-43-57(44-48-59)68-37-26-38-69(58-45-49-60(50-46-58)86(4,5)6)84(68)92-75-56-79-73(55-72(75)88-71-40-23-25-42-78(71)93-80-53-67(52-77(92)83(80)88)90(63-31-16-9-17-32-63)64-33-18-10-19-34-64)87-70-39-22-24-41-74(70)91(65-35-20-11-21-36-65)76-51-66(54-81(94-79)82(76)87)89(61-27-12-7-13-28-61)62-29-14-8-15-30-62/h7-56H,1-6H3. The molecule has 13 aromatic carbocycles. The van der Waals surface area contributed by atoms with Gasteiger partial charge in [-0.15, -0.1) is 0 Å². The first-order valence-electron chi connectivity index (χ1n) is 32.8. The van der Waals surface area contributed by atoms with Crippen molar-refractivity contribution in [3.8, 4) is 22.3 Å². The lowest BCUT2D eigenvalue weighted by atomic mass is 9.31. The van der Waals surface area contributed by atoms with Crippen molar-refractivity contribution >= 4 is 138 Å². The molecule has 94 heavy (non-hydrogen) atoms. The van der Waals surface area contributed by atoms with E-state index in [1.807, 2.05) is 23.5 Å². The number of benzene rings is 13. The van der Waals surface area contributed by atoms with E-state index in [4.69, 9.17) is 0 Å². The van der Waals surface area contributed by atoms with Crippen molar-refractivity contribution in [2.45, 2.75) is 72.0 Å². The molecule has 0 bridgehead atoms. The molecule has 0 radical (unpaired) electrons. The summed E-state index contributed by atoms with van der Waals surface area (Å²) in [4.78, 5) is 15.1. The maximum atomic E-state index is 2.72. The zero-order valence-electron chi connectivity index (χ0n) is 53.6. The second kappa shape index (κ2) is 22.9. The normalized spacial score (nSPS) is 13.3. The van der Waals surface area contributed by atoms with Crippen molar-refractivity contribution in [2.24, 2.45) is 0 Å². The molecule has 0 aromatic heterocycles. The molecule has 0 unspecified atom stereocenters. The summed E-state index contributed by atoms with van der Waals surface area (Å²) in [5.41, 5.74) is 28.7. The Balaban J connectivity index is 0.982. The van der Waals surface area contributed by atoms with Crippen LogP contribution in [0, 0.1) is 0 Å². The lowest BCUT2D eigenvalue weighted by Gasteiger charge is -2.44. The van der Waals surface area contributed by atoms with Gasteiger partial charge in [-0.2, -0.15) is 0 Å². The van der Waals surface area contributed by atoms with Crippen LogP contribution in [0.15, 0.2) is 323 Å². The first-order valence-corrected chi connectivity index (χ1v) is 34.4. The minimum absolute atomic E-state index is 0.0212.